The minimum atomic E-state index is -1.09. The monoisotopic (exact) mass is 520 g/mol. The van der Waals surface area contributed by atoms with E-state index in [1.165, 1.54) is 53.7 Å². The van der Waals surface area contributed by atoms with E-state index in [4.69, 9.17) is 9.47 Å². The number of halogens is 1. The molecule has 2 N–H and O–H groups in total. The van der Waals surface area contributed by atoms with Crippen molar-refractivity contribution in [3.05, 3.63) is 83.2 Å². The maximum atomic E-state index is 13.5. The molecule has 1 aliphatic rings. The third-order valence-electron chi connectivity index (χ3n) is 5.95. The van der Waals surface area contributed by atoms with Crippen molar-refractivity contribution in [1.29, 1.82) is 0 Å². The number of carbonyl (C=O) groups is 2. The number of ether oxygens (including phenoxy) is 2. The van der Waals surface area contributed by atoms with Gasteiger partial charge in [0.05, 0.1) is 35.5 Å². The zero-order valence-corrected chi connectivity index (χ0v) is 20.6. The van der Waals surface area contributed by atoms with E-state index in [1.807, 2.05) is 6.92 Å². The summed E-state index contributed by atoms with van der Waals surface area (Å²) in [7, 11) is 1.37. The lowest BCUT2D eigenvalue weighted by Crippen LogP contribution is -2.29. The smallest absolute Gasteiger partial charge is 0.301 e. The number of hydrogen-bond acceptors (Lipinski definition) is 8. The highest BCUT2D eigenvalue weighted by molar-refractivity contribution is 7.22. The molecule has 8 nitrogen and oxygen atoms in total. The Morgan fingerprint density at radius 3 is 2.57 bits per heavy atom. The van der Waals surface area contributed by atoms with Gasteiger partial charge in [0.25, 0.3) is 5.78 Å². The standard InChI is InChI=1S/C27H21FN2O6S/c1-3-36-17-9-10-18-21(13-17)37-27(29-18)30-23(15-6-11-19(31)20(12-15)35-2)22(25(33)26(30)34)24(32)14-4-7-16(28)8-5-14/h4-13,23,31-32H,3H2,1-2H3/b24-22+. The molecular weight excluding hydrogens is 499 g/mol. The average Bonchev–Trinajstić information content (AvgIpc) is 3.42. The number of phenolic OH excluding ortho intramolecular Hbond substituents is 1. The molecule has 0 bridgehead atoms. The number of thiazole rings is 1. The van der Waals surface area contributed by atoms with Crippen molar-refractivity contribution in [2.24, 2.45) is 0 Å². The van der Waals surface area contributed by atoms with E-state index in [9.17, 15) is 24.2 Å². The van der Waals surface area contributed by atoms with Crippen molar-refractivity contribution >= 4 is 44.1 Å². The molecule has 1 saturated heterocycles. The number of Topliss-reactive ketones (excluding diaryl/α,β-unsaturated/α-hetero) is 1. The van der Waals surface area contributed by atoms with Crippen molar-refractivity contribution in [2.45, 2.75) is 13.0 Å². The van der Waals surface area contributed by atoms with Crippen LogP contribution in [0.2, 0.25) is 0 Å². The number of methoxy groups -OCH3 is 1. The van der Waals surface area contributed by atoms with Crippen LogP contribution in [0.1, 0.15) is 24.1 Å². The van der Waals surface area contributed by atoms with Gasteiger partial charge in [-0.15, -0.1) is 0 Å². The van der Waals surface area contributed by atoms with Crippen LogP contribution in [0.15, 0.2) is 66.2 Å². The van der Waals surface area contributed by atoms with E-state index >= 15 is 0 Å². The fourth-order valence-corrected chi connectivity index (χ4v) is 5.25. The molecule has 0 aliphatic carbocycles. The highest BCUT2D eigenvalue weighted by Gasteiger charge is 2.48. The Labute approximate surface area is 214 Å². The summed E-state index contributed by atoms with van der Waals surface area (Å²) in [5.41, 5.74) is 0.970. The van der Waals surface area contributed by atoms with E-state index in [-0.39, 0.29) is 27.8 Å². The van der Waals surface area contributed by atoms with Gasteiger partial charge in [0, 0.05) is 5.56 Å². The van der Waals surface area contributed by atoms with Crippen LogP contribution in [0.5, 0.6) is 17.2 Å². The van der Waals surface area contributed by atoms with Crippen LogP contribution in [0.3, 0.4) is 0 Å². The normalized spacial score (nSPS) is 16.9. The summed E-state index contributed by atoms with van der Waals surface area (Å²) in [6.07, 6.45) is 0. The molecule has 10 heteroatoms. The van der Waals surface area contributed by atoms with Crippen LogP contribution >= 0.6 is 11.3 Å². The Morgan fingerprint density at radius 1 is 1.11 bits per heavy atom. The van der Waals surface area contributed by atoms with Crippen molar-refractivity contribution < 1.29 is 33.7 Å². The molecule has 0 saturated carbocycles. The second-order valence-electron chi connectivity index (χ2n) is 8.17. The van der Waals surface area contributed by atoms with Crippen molar-refractivity contribution in [2.75, 3.05) is 18.6 Å². The Hall–Kier alpha value is -4.44. The molecule has 1 fully saturated rings. The quantitative estimate of drug-likeness (QED) is 0.205. The van der Waals surface area contributed by atoms with Gasteiger partial charge < -0.3 is 19.7 Å². The van der Waals surface area contributed by atoms with Crippen LogP contribution in [-0.4, -0.2) is 40.6 Å². The molecule has 37 heavy (non-hydrogen) atoms. The van der Waals surface area contributed by atoms with Gasteiger partial charge in [-0.05, 0) is 67.1 Å². The van der Waals surface area contributed by atoms with Crippen LogP contribution in [0.25, 0.3) is 16.0 Å². The minimum Gasteiger partial charge on any atom is -0.507 e. The molecular formula is C27H21FN2O6S. The van der Waals surface area contributed by atoms with E-state index < -0.39 is 29.3 Å². The number of nitrogens with zero attached hydrogens (tertiary/aromatic N) is 2. The number of benzene rings is 3. The largest absolute Gasteiger partial charge is 0.507 e. The second-order valence-corrected chi connectivity index (χ2v) is 9.18. The first-order valence-electron chi connectivity index (χ1n) is 11.3. The predicted octanol–water partition coefficient (Wildman–Crippen LogP) is 5.17. The third kappa shape index (κ3) is 4.25. The SMILES string of the molecule is CCOc1ccc2nc(N3C(=O)C(=O)/C(=C(/O)c4ccc(F)cc4)C3c3ccc(O)c(OC)c3)sc2c1. The number of ketones is 1. The first kappa shape index (κ1) is 24.3. The molecule has 0 radical (unpaired) electrons. The molecule has 1 amide bonds. The summed E-state index contributed by atoms with van der Waals surface area (Å²) in [6.45, 7) is 2.35. The van der Waals surface area contributed by atoms with Gasteiger partial charge in [0.2, 0.25) is 0 Å². The molecule has 188 valence electrons. The van der Waals surface area contributed by atoms with E-state index in [0.29, 0.717) is 23.4 Å². The van der Waals surface area contributed by atoms with Gasteiger partial charge in [0.15, 0.2) is 16.6 Å². The zero-order chi connectivity index (χ0) is 26.3. The van der Waals surface area contributed by atoms with Crippen LogP contribution in [0.4, 0.5) is 9.52 Å². The second kappa shape index (κ2) is 9.55. The molecule has 3 aromatic carbocycles. The maximum Gasteiger partial charge on any atom is 0.301 e. The van der Waals surface area contributed by atoms with E-state index in [1.54, 1.807) is 18.2 Å². The third-order valence-corrected chi connectivity index (χ3v) is 6.96. The van der Waals surface area contributed by atoms with Crippen LogP contribution in [-0.2, 0) is 9.59 Å². The Bertz CT molecular complexity index is 1560. The lowest BCUT2D eigenvalue weighted by molar-refractivity contribution is -0.132. The number of hydrogen-bond donors (Lipinski definition) is 2. The van der Waals surface area contributed by atoms with E-state index in [2.05, 4.69) is 4.98 Å². The fourth-order valence-electron chi connectivity index (χ4n) is 4.23. The molecule has 5 rings (SSSR count). The number of aromatic hydroxyl groups is 1. The summed E-state index contributed by atoms with van der Waals surface area (Å²) in [5.74, 6) is -2.16. The van der Waals surface area contributed by atoms with Gasteiger partial charge in [-0.2, -0.15) is 0 Å². The first-order valence-corrected chi connectivity index (χ1v) is 12.1. The van der Waals surface area contributed by atoms with Gasteiger partial charge >= 0.3 is 5.91 Å². The number of fused-ring (bicyclic) bond motifs is 1. The molecule has 4 aromatic rings. The number of carbonyl (C=O) groups excluding carboxylic acids is 2. The average molecular weight is 521 g/mol. The number of aromatic nitrogens is 1. The summed E-state index contributed by atoms with van der Waals surface area (Å²) >= 11 is 1.19. The van der Waals surface area contributed by atoms with Crippen molar-refractivity contribution in [1.82, 2.24) is 4.98 Å². The van der Waals surface area contributed by atoms with Crippen molar-refractivity contribution in [3.8, 4) is 17.2 Å². The lowest BCUT2D eigenvalue weighted by atomic mass is 9.95. The summed E-state index contributed by atoms with van der Waals surface area (Å²) < 4.78 is 25.0. The number of aliphatic hydroxyl groups excluding tert-OH is 1. The Balaban J connectivity index is 1.71. The molecule has 1 unspecified atom stereocenters. The molecule has 2 heterocycles. The highest BCUT2D eigenvalue weighted by atomic mass is 32.1. The summed E-state index contributed by atoms with van der Waals surface area (Å²) in [4.78, 5) is 32.5. The zero-order valence-electron chi connectivity index (χ0n) is 19.8. The predicted molar refractivity (Wildman–Crippen MR) is 137 cm³/mol. The minimum absolute atomic E-state index is 0.121. The molecule has 1 aromatic heterocycles. The highest BCUT2D eigenvalue weighted by Crippen LogP contribution is 2.46. The molecule has 0 spiro atoms. The summed E-state index contributed by atoms with van der Waals surface area (Å²) in [5, 5.41) is 21.5. The van der Waals surface area contributed by atoms with Crippen LogP contribution < -0.4 is 14.4 Å². The van der Waals surface area contributed by atoms with Gasteiger partial charge in [-0.25, -0.2) is 9.37 Å². The first-order chi connectivity index (χ1) is 17.8. The van der Waals surface area contributed by atoms with E-state index in [0.717, 1.165) is 16.8 Å². The van der Waals surface area contributed by atoms with Gasteiger partial charge in [-0.3, -0.25) is 14.5 Å². The number of aliphatic hydroxyl groups is 1. The number of anilines is 1. The molecule has 1 atom stereocenters. The fraction of sp³-hybridized carbons (Fsp3) is 0.148. The lowest BCUT2D eigenvalue weighted by Gasteiger charge is -2.23. The van der Waals surface area contributed by atoms with Crippen LogP contribution in [0, 0.1) is 5.82 Å². The van der Waals surface area contributed by atoms with Gasteiger partial charge in [0.1, 0.15) is 17.3 Å². The number of amides is 1. The number of phenols is 1. The number of rotatable bonds is 6. The van der Waals surface area contributed by atoms with Crippen molar-refractivity contribution in [3.63, 3.8) is 0 Å². The van der Waals surface area contributed by atoms with Gasteiger partial charge in [-0.1, -0.05) is 17.4 Å². The summed E-state index contributed by atoms with van der Waals surface area (Å²) in [6, 6.07) is 13.5. The maximum absolute atomic E-state index is 13.5. The Morgan fingerprint density at radius 2 is 1.86 bits per heavy atom. The Kier molecular flexibility index (Phi) is 6.26. The molecule has 1 aliphatic heterocycles. The topological polar surface area (TPSA) is 109 Å².